The minimum Gasteiger partial charge on any atom is -0.0561 e. The van der Waals surface area contributed by atoms with Crippen LogP contribution >= 0.6 is 0 Å². The van der Waals surface area contributed by atoms with Crippen molar-refractivity contribution in [2.45, 2.75) is 78.6 Å². The Morgan fingerprint density at radius 2 is 1.16 bits per heavy atom. The third kappa shape index (κ3) is 7.81. The van der Waals surface area contributed by atoms with Gasteiger partial charge in [-0.05, 0) is 53.4 Å². The molecule has 336 valence electrons. The quantitative estimate of drug-likeness (QED) is 0.159. The van der Waals surface area contributed by atoms with E-state index in [9.17, 15) is 0 Å². The number of pyridine rings is 1. The van der Waals surface area contributed by atoms with Crippen LogP contribution in [0.4, 0.5) is 0 Å². The molecule has 1 atom stereocenters. The normalized spacial score (nSPS) is 14.3. The fourth-order valence-corrected chi connectivity index (χ4v) is 11.2. The molecule has 11 rings (SSSR count). The molecule has 0 amide bonds. The summed E-state index contributed by atoms with van der Waals surface area (Å²) in [5.74, 6) is 3.16. The summed E-state index contributed by atoms with van der Waals surface area (Å²) < 4.78 is 15.1. The van der Waals surface area contributed by atoms with Gasteiger partial charge >= 0.3 is 320 Å². The Kier molecular flexibility index (Phi) is 10.7. The van der Waals surface area contributed by atoms with Gasteiger partial charge in [-0.15, -0.1) is 0 Å². The number of rotatable bonds is 7. The summed E-state index contributed by atoms with van der Waals surface area (Å²) in [6.07, 6.45) is 5.41. The van der Waals surface area contributed by atoms with Crippen molar-refractivity contribution in [3.05, 3.63) is 196 Å². The average Bonchev–Trinajstić information content (AvgIpc) is 3.80. The van der Waals surface area contributed by atoms with Gasteiger partial charge in [-0.2, -0.15) is 0 Å². The van der Waals surface area contributed by atoms with Crippen molar-refractivity contribution < 1.29 is 24.1 Å². The average molecular weight is 1060 g/mol. The smallest absolute Gasteiger partial charge is 0.0561 e. The van der Waals surface area contributed by atoms with Gasteiger partial charge in [0, 0.05) is 6.20 Å². The molecule has 0 saturated heterocycles. The second-order valence-corrected chi connectivity index (χ2v) is 21.6. The molecule has 0 aliphatic heterocycles. The Balaban J connectivity index is 1.06. The number of para-hydroxylation sites is 2. The minimum atomic E-state index is -0.0639. The molecule has 5 nitrogen and oxygen atoms in total. The molecule has 7 aromatic carbocycles. The van der Waals surface area contributed by atoms with Crippen LogP contribution in [0.15, 0.2) is 170 Å². The van der Waals surface area contributed by atoms with Crippen molar-refractivity contribution in [3.8, 4) is 50.9 Å². The molecule has 0 bridgehead atoms. The molecular formula is C61H56N4OPt. The van der Waals surface area contributed by atoms with Crippen LogP contribution in [0.1, 0.15) is 77.1 Å². The molecule has 0 spiro atoms. The van der Waals surface area contributed by atoms with E-state index >= 15 is 0 Å². The van der Waals surface area contributed by atoms with E-state index in [2.05, 4.69) is 245 Å². The third-order valence-corrected chi connectivity index (χ3v) is 14.8. The molecule has 0 saturated carbocycles. The zero-order valence-electron chi connectivity index (χ0n) is 39.4. The first-order valence-corrected chi connectivity index (χ1v) is 24.8. The Morgan fingerprint density at radius 1 is 0.537 bits per heavy atom. The summed E-state index contributed by atoms with van der Waals surface area (Å²) in [6, 6.07) is 59.6. The zero-order valence-corrected chi connectivity index (χ0v) is 41.7. The fraction of sp³-hybridized carbons (Fsp3) is 0.213. The predicted octanol–water partition coefficient (Wildman–Crippen LogP) is 15.8. The summed E-state index contributed by atoms with van der Waals surface area (Å²) in [7, 11) is 0. The first-order valence-electron chi connectivity index (χ1n) is 23.6. The van der Waals surface area contributed by atoms with Crippen molar-refractivity contribution in [1.82, 2.24) is 18.7 Å². The number of benzene rings is 7. The molecule has 0 radical (unpaired) electrons. The molecule has 0 N–H and O–H groups in total. The first-order chi connectivity index (χ1) is 32.3. The zero-order chi connectivity index (χ0) is 46.2. The van der Waals surface area contributed by atoms with Gasteiger partial charge < -0.3 is 0 Å². The van der Waals surface area contributed by atoms with E-state index in [-0.39, 0.29) is 10.8 Å². The maximum absolute atomic E-state index is 6.91. The Hall–Kier alpha value is -6.55. The van der Waals surface area contributed by atoms with Gasteiger partial charge in [0.05, 0.1) is 0 Å². The molecular weight excluding hydrogens is 1000 g/mol. The van der Waals surface area contributed by atoms with Crippen LogP contribution in [0.25, 0.3) is 72.3 Å². The summed E-state index contributed by atoms with van der Waals surface area (Å²) in [5, 5.41) is 2.47. The standard InChI is InChI=1S/C61H56N4O.Pt/c1-40-25-26-43-33-56-53(32-44(43)31-40)50-28-27-49(38-57(50)65(56)58-36-45(29-30-62-58)60(2,3)4)66-48-22-16-21-47(37-48)63-39-64(55-24-15-14-23-54(55)63)59-51(41-17-10-8-11-18-41)34-46(61(5,6)7)35-52(59)42-19-12-9-13-20-42;/h8-24,27-30,32-38,40H,25-26,31H2,1-7H3;. The second kappa shape index (κ2) is 16.6. The van der Waals surface area contributed by atoms with Crippen LogP contribution in [0.5, 0.6) is 11.5 Å². The number of imidazole rings is 1. The Labute approximate surface area is 404 Å². The van der Waals surface area contributed by atoms with Gasteiger partial charge in [-0.1, -0.05) is 27.7 Å². The summed E-state index contributed by atoms with van der Waals surface area (Å²) >= 11 is 2.53. The van der Waals surface area contributed by atoms with Crippen molar-refractivity contribution in [1.29, 1.82) is 0 Å². The number of hydrogen-bond donors (Lipinski definition) is 0. The molecule has 1 unspecified atom stereocenters. The van der Waals surface area contributed by atoms with Gasteiger partial charge in [-0.3, -0.25) is 0 Å². The summed E-state index contributed by atoms with van der Waals surface area (Å²) in [4.78, 5) is 5.01. The Bertz CT molecular complexity index is 3520. The number of hydrogen-bond acceptors (Lipinski definition) is 2. The van der Waals surface area contributed by atoms with Crippen molar-refractivity contribution >= 4 is 32.8 Å². The first kappa shape index (κ1) is 43.0. The third-order valence-electron chi connectivity index (χ3n) is 13.8. The molecule has 67 heavy (non-hydrogen) atoms. The van der Waals surface area contributed by atoms with Crippen LogP contribution in [0.2, 0.25) is 0 Å². The van der Waals surface area contributed by atoms with E-state index in [0.29, 0.717) is 5.92 Å². The monoisotopic (exact) mass is 1060 g/mol. The van der Waals surface area contributed by atoms with Gasteiger partial charge in [0.1, 0.15) is 0 Å². The molecule has 1 aliphatic rings. The van der Waals surface area contributed by atoms with Crippen LogP contribution < -0.4 is 4.74 Å². The number of aryl methyl sites for hydroxylation is 1. The minimum absolute atomic E-state index is 0.0154. The van der Waals surface area contributed by atoms with E-state index in [1.807, 2.05) is 6.20 Å². The SMILES string of the molecule is CC1CCc2cc3c(cc2C1)c1ccc(Oc2cccc(-n4[c](=[Pt])n(-c5c(-c6ccccc6)cc(C(C)(C)C)cc5-c5ccccc5)c5ccccc54)c2)cc1n3-c1cc(C(C)(C)C)ccn1. The predicted molar refractivity (Wildman–Crippen MR) is 274 cm³/mol. The summed E-state index contributed by atoms with van der Waals surface area (Å²) in [5.41, 5.74) is 16.8. The van der Waals surface area contributed by atoms with E-state index in [1.165, 1.54) is 67.2 Å². The van der Waals surface area contributed by atoms with Gasteiger partial charge in [0.25, 0.3) is 0 Å². The van der Waals surface area contributed by atoms with Crippen LogP contribution in [-0.2, 0) is 43.0 Å². The molecule has 6 heteroatoms. The van der Waals surface area contributed by atoms with Gasteiger partial charge in [0.2, 0.25) is 0 Å². The van der Waals surface area contributed by atoms with Crippen LogP contribution in [0.3, 0.4) is 0 Å². The Morgan fingerprint density at radius 3 is 1.84 bits per heavy atom. The number of fused-ring (bicyclic) bond motifs is 5. The molecule has 1 aliphatic carbocycles. The van der Waals surface area contributed by atoms with Gasteiger partial charge in [0.15, 0.2) is 0 Å². The molecule has 0 fully saturated rings. The molecule has 3 heterocycles. The van der Waals surface area contributed by atoms with E-state index < -0.39 is 0 Å². The van der Waals surface area contributed by atoms with Crippen LogP contribution in [0, 0.1) is 9.72 Å². The summed E-state index contributed by atoms with van der Waals surface area (Å²) in [6.45, 7) is 16.1. The van der Waals surface area contributed by atoms with E-state index in [4.69, 9.17) is 9.72 Å². The van der Waals surface area contributed by atoms with E-state index in [0.717, 1.165) is 61.9 Å². The second-order valence-electron chi connectivity index (χ2n) is 20.6. The molecule has 10 aromatic rings. The maximum atomic E-state index is 6.91. The molecule has 3 aromatic heterocycles. The number of nitrogens with zero attached hydrogens (tertiary/aromatic N) is 4. The van der Waals surface area contributed by atoms with Crippen molar-refractivity contribution in [2.24, 2.45) is 5.92 Å². The van der Waals surface area contributed by atoms with E-state index in [1.54, 1.807) is 0 Å². The fourth-order valence-electron chi connectivity index (χ4n) is 10.1. The topological polar surface area (TPSA) is 36.9 Å². The number of ether oxygens (including phenoxy) is 1. The number of aromatic nitrogens is 4. The van der Waals surface area contributed by atoms with Crippen molar-refractivity contribution in [3.63, 3.8) is 0 Å². The van der Waals surface area contributed by atoms with Crippen molar-refractivity contribution in [2.75, 3.05) is 0 Å². The van der Waals surface area contributed by atoms with Gasteiger partial charge in [-0.25, -0.2) is 0 Å². The van der Waals surface area contributed by atoms with Crippen LogP contribution in [-0.4, -0.2) is 18.7 Å².